The van der Waals surface area contributed by atoms with Crippen LogP contribution in [0, 0.1) is 0 Å². The molecule has 0 saturated carbocycles. The first-order chi connectivity index (χ1) is 15.9. The van der Waals surface area contributed by atoms with Gasteiger partial charge < -0.3 is 14.6 Å². The molecule has 0 spiro atoms. The molecule has 174 valence electrons. The number of thiazole rings is 1. The molecule has 0 radical (unpaired) electrons. The number of halogens is 1. The van der Waals surface area contributed by atoms with Gasteiger partial charge in [-0.05, 0) is 49.4 Å². The van der Waals surface area contributed by atoms with E-state index in [1.54, 1.807) is 0 Å². The second-order valence-corrected chi connectivity index (χ2v) is 11.5. The molecule has 33 heavy (non-hydrogen) atoms. The Morgan fingerprint density at radius 1 is 1.21 bits per heavy atom. The number of nitrogens with one attached hydrogen (secondary N) is 1. The first-order valence-corrected chi connectivity index (χ1v) is 13.9. The molecule has 3 aromatic rings. The van der Waals surface area contributed by atoms with Gasteiger partial charge in [-0.3, -0.25) is 9.59 Å². The number of methoxy groups -OCH3 is 1. The Bertz CT molecular complexity index is 1310. The minimum atomic E-state index is -0.422. The lowest BCUT2D eigenvalue weighted by atomic mass is 9.95. The second-order valence-electron chi connectivity index (χ2n) is 7.51. The SMILES string of the molecule is COC(=O)c1c(NC(=O)CSCC(=O)N=c2sc3cc(Br)ccc3n2C)sc2c1CCCC2. The summed E-state index contributed by atoms with van der Waals surface area (Å²) in [7, 11) is 3.22. The van der Waals surface area contributed by atoms with E-state index in [1.165, 1.54) is 41.5 Å². The summed E-state index contributed by atoms with van der Waals surface area (Å²) in [5, 5.41) is 3.39. The number of esters is 1. The van der Waals surface area contributed by atoms with Gasteiger partial charge in [0, 0.05) is 16.4 Å². The van der Waals surface area contributed by atoms with Crippen molar-refractivity contribution >= 4 is 83.4 Å². The van der Waals surface area contributed by atoms with Gasteiger partial charge in [0.25, 0.3) is 5.91 Å². The standard InChI is InChI=1S/C22H22BrN3O4S3/c1-26-14-8-7-12(23)9-16(14)33-22(26)25-18(28)11-31-10-17(27)24-20-19(21(29)30-2)13-5-3-4-6-15(13)32-20/h7-9H,3-6,10-11H2,1-2H3,(H,24,27). The molecule has 1 N–H and O–H groups in total. The number of hydrogen-bond donors (Lipinski definition) is 1. The quantitative estimate of drug-likeness (QED) is 0.442. The Hall–Kier alpha value is -1.95. The van der Waals surface area contributed by atoms with Crippen LogP contribution in [-0.4, -0.2) is 41.0 Å². The van der Waals surface area contributed by atoms with Crippen molar-refractivity contribution in [2.24, 2.45) is 12.0 Å². The molecule has 7 nitrogen and oxygen atoms in total. The summed E-state index contributed by atoms with van der Waals surface area (Å²) < 4.78 is 8.83. The van der Waals surface area contributed by atoms with Crippen LogP contribution < -0.4 is 10.1 Å². The van der Waals surface area contributed by atoms with Gasteiger partial charge in [-0.2, -0.15) is 4.99 Å². The van der Waals surface area contributed by atoms with Gasteiger partial charge in [0.05, 0.1) is 34.4 Å². The fourth-order valence-electron chi connectivity index (χ4n) is 3.72. The van der Waals surface area contributed by atoms with E-state index in [-0.39, 0.29) is 23.3 Å². The largest absolute Gasteiger partial charge is 0.465 e. The Balaban J connectivity index is 1.38. The topological polar surface area (TPSA) is 89.8 Å². The van der Waals surface area contributed by atoms with E-state index in [0.717, 1.165) is 50.8 Å². The number of benzene rings is 1. The maximum absolute atomic E-state index is 12.5. The van der Waals surface area contributed by atoms with Gasteiger partial charge in [-0.15, -0.1) is 23.1 Å². The van der Waals surface area contributed by atoms with Crippen LogP contribution in [0.2, 0.25) is 0 Å². The van der Waals surface area contributed by atoms with E-state index in [2.05, 4.69) is 26.2 Å². The number of ether oxygens (including phenoxy) is 1. The van der Waals surface area contributed by atoms with Crippen molar-refractivity contribution in [3.63, 3.8) is 0 Å². The predicted octanol–water partition coefficient (Wildman–Crippen LogP) is 4.53. The number of thioether (sulfide) groups is 1. The van der Waals surface area contributed by atoms with Crippen molar-refractivity contribution < 1.29 is 19.1 Å². The molecule has 1 aromatic carbocycles. The fourth-order valence-corrected chi connectivity index (χ4v) is 7.20. The van der Waals surface area contributed by atoms with Crippen LogP contribution in [0.1, 0.15) is 33.6 Å². The van der Waals surface area contributed by atoms with Gasteiger partial charge in [0.15, 0.2) is 4.80 Å². The highest BCUT2D eigenvalue weighted by Crippen LogP contribution is 2.38. The Morgan fingerprint density at radius 2 is 2.00 bits per heavy atom. The molecule has 0 unspecified atom stereocenters. The van der Waals surface area contributed by atoms with Crippen LogP contribution in [0.15, 0.2) is 27.7 Å². The van der Waals surface area contributed by atoms with Crippen molar-refractivity contribution in [3.05, 3.63) is 43.5 Å². The molecular weight excluding hydrogens is 546 g/mol. The van der Waals surface area contributed by atoms with Crippen LogP contribution in [0.5, 0.6) is 0 Å². The third kappa shape index (κ3) is 5.42. The first-order valence-electron chi connectivity index (χ1n) is 10.3. The van der Waals surface area contributed by atoms with E-state index >= 15 is 0 Å². The summed E-state index contributed by atoms with van der Waals surface area (Å²) in [4.78, 5) is 43.1. The van der Waals surface area contributed by atoms with E-state index in [9.17, 15) is 14.4 Å². The molecule has 2 heterocycles. The van der Waals surface area contributed by atoms with Gasteiger partial charge in [0.2, 0.25) is 5.91 Å². The number of nitrogens with zero attached hydrogens (tertiary/aromatic N) is 2. The number of thiophene rings is 1. The summed E-state index contributed by atoms with van der Waals surface area (Å²) in [5.74, 6) is -0.786. The smallest absolute Gasteiger partial charge is 0.341 e. The Labute approximate surface area is 211 Å². The summed E-state index contributed by atoms with van der Waals surface area (Å²) in [5.41, 5.74) is 2.48. The molecule has 0 bridgehead atoms. The lowest BCUT2D eigenvalue weighted by Gasteiger charge is -2.11. The zero-order chi connectivity index (χ0) is 23.5. The van der Waals surface area contributed by atoms with Crippen LogP contribution in [0.4, 0.5) is 5.00 Å². The maximum Gasteiger partial charge on any atom is 0.341 e. The molecule has 0 saturated heterocycles. The molecule has 1 aliphatic carbocycles. The molecule has 2 amide bonds. The number of carbonyl (C=O) groups excluding carboxylic acids is 3. The number of aryl methyl sites for hydroxylation is 2. The van der Waals surface area contributed by atoms with Crippen LogP contribution >= 0.6 is 50.4 Å². The van der Waals surface area contributed by atoms with Gasteiger partial charge in [0.1, 0.15) is 5.00 Å². The van der Waals surface area contributed by atoms with Crippen molar-refractivity contribution in [1.29, 1.82) is 0 Å². The lowest BCUT2D eigenvalue weighted by molar-refractivity contribution is -0.115. The molecule has 11 heteroatoms. The number of anilines is 1. The molecule has 0 aliphatic heterocycles. The van der Waals surface area contributed by atoms with E-state index in [1.807, 2.05) is 29.8 Å². The number of aromatic nitrogens is 1. The Morgan fingerprint density at radius 3 is 2.79 bits per heavy atom. The highest BCUT2D eigenvalue weighted by atomic mass is 79.9. The number of fused-ring (bicyclic) bond motifs is 2. The van der Waals surface area contributed by atoms with Crippen molar-refractivity contribution in [1.82, 2.24) is 4.57 Å². The minimum absolute atomic E-state index is 0.0932. The van der Waals surface area contributed by atoms with Crippen molar-refractivity contribution in [2.75, 3.05) is 23.9 Å². The van der Waals surface area contributed by atoms with Crippen molar-refractivity contribution in [3.8, 4) is 0 Å². The summed E-state index contributed by atoms with van der Waals surface area (Å²) in [6, 6.07) is 5.92. The summed E-state index contributed by atoms with van der Waals surface area (Å²) >= 11 is 7.54. The van der Waals surface area contributed by atoms with Crippen LogP contribution in [0.25, 0.3) is 10.2 Å². The molecule has 4 rings (SSSR count). The van der Waals surface area contributed by atoms with Crippen LogP contribution in [0.3, 0.4) is 0 Å². The highest BCUT2D eigenvalue weighted by molar-refractivity contribution is 9.10. The number of hydrogen-bond acceptors (Lipinski definition) is 7. The molecule has 0 atom stereocenters. The monoisotopic (exact) mass is 567 g/mol. The molecule has 0 fully saturated rings. The van der Waals surface area contributed by atoms with Crippen molar-refractivity contribution in [2.45, 2.75) is 25.7 Å². The number of amides is 2. The third-order valence-electron chi connectivity index (χ3n) is 5.26. The zero-order valence-electron chi connectivity index (χ0n) is 18.1. The summed E-state index contributed by atoms with van der Waals surface area (Å²) in [6.45, 7) is 0. The maximum atomic E-state index is 12.5. The first kappa shape index (κ1) is 24.2. The van der Waals surface area contributed by atoms with Gasteiger partial charge in [-0.25, -0.2) is 4.79 Å². The lowest BCUT2D eigenvalue weighted by Crippen LogP contribution is -2.18. The Kier molecular flexibility index (Phi) is 7.72. The average molecular weight is 569 g/mol. The molecule has 1 aliphatic rings. The number of carbonyl (C=O) groups is 3. The van der Waals surface area contributed by atoms with Crippen LogP contribution in [-0.2, 0) is 34.2 Å². The average Bonchev–Trinajstić information content (AvgIpc) is 3.29. The minimum Gasteiger partial charge on any atom is -0.465 e. The third-order valence-corrected chi connectivity index (χ3v) is 8.98. The molecule has 2 aromatic heterocycles. The highest BCUT2D eigenvalue weighted by Gasteiger charge is 2.26. The fraction of sp³-hybridized carbons (Fsp3) is 0.364. The number of rotatable bonds is 6. The molecular formula is C22H22BrN3O4S3. The normalized spacial score (nSPS) is 13.7. The van der Waals surface area contributed by atoms with E-state index in [4.69, 9.17) is 4.74 Å². The predicted molar refractivity (Wildman–Crippen MR) is 137 cm³/mol. The van der Waals surface area contributed by atoms with Gasteiger partial charge >= 0.3 is 5.97 Å². The second kappa shape index (κ2) is 10.5. The zero-order valence-corrected chi connectivity index (χ0v) is 22.1. The van der Waals surface area contributed by atoms with E-state index in [0.29, 0.717) is 15.4 Å². The van der Waals surface area contributed by atoms with Gasteiger partial charge in [-0.1, -0.05) is 27.3 Å². The van der Waals surface area contributed by atoms with E-state index < -0.39 is 5.97 Å². The summed E-state index contributed by atoms with van der Waals surface area (Å²) in [6.07, 6.45) is 3.84.